The number of amides is 2. The van der Waals surface area contributed by atoms with Crippen molar-refractivity contribution in [2.75, 3.05) is 32.4 Å². The maximum atomic E-state index is 12.8. The van der Waals surface area contributed by atoms with E-state index in [0.717, 1.165) is 11.8 Å². The highest BCUT2D eigenvalue weighted by Crippen LogP contribution is 2.32. The lowest BCUT2D eigenvalue weighted by atomic mass is 10.2. The van der Waals surface area contributed by atoms with Crippen LogP contribution in [0.15, 0.2) is 71.9 Å². The van der Waals surface area contributed by atoms with Crippen LogP contribution < -0.4 is 24.8 Å². The molecular formula is C27H26N6O7S. The van der Waals surface area contributed by atoms with Crippen LogP contribution in [0.25, 0.3) is 5.69 Å². The first-order chi connectivity index (χ1) is 19.8. The van der Waals surface area contributed by atoms with Crippen LogP contribution in [0.4, 0.5) is 11.4 Å². The second kappa shape index (κ2) is 13.3. The van der Waals surface area contributed by atoms with Crippen molar-refractivity contribution in [1.29, 1.82) is 0 Å². The van der Waals surface area contributed by atoms with Crippen molar-refractivity contribution < 1.29 is 28.7 Å². The number of benzene rings is 3. The molecule has 2 amide bonds. The molecule has 1 heterocycles. The zero-order valence-corrected chi connectivity index (χ0v) is 23.1. The van der Waals surface area contributed by atoms with Gasteiger partial charge in [-0.15, -0.1) is 10.2 Å². The van der Waals surface area contributed by atoms with Crippen molar-refractivity contribution in [3.8, 4) is 22.9 Å². The quantitative estimate of drug-likeness (QED) is 0.144. The van der Waals surface area contributed by atoms with Crippen LogP contribution >= 0.6 is 11.8 Å². The van der Waals surface area contributed by atoms with Gasteiger partial charge in [-0.3, -0.25) is 24.3 Å². The van der Waals surface area contributed by atoms with Crippen LogP contribution in [0.5, 0.6) is 17.2 Å². The van der Waals surface area contributed by atoms with Crippen molar-refractivity contribution >= 4 is 35.0 Å². The van der Waals surface area contributed by atoms with Crippen LogP contribution in [0, 0.1) is 10.1 Å². The Kier molecular flexibility index (Phi) is 9.37. The van der Waals surface area contributed by atoms with Crippen LogP contribution in [-0.2, 0) is 11.3 Å². The smallest absolute Gasteiger partial charge is 0.269 e. The Labute approximate surface area is 239 Å². The molecule has 4 aromatic rings. The molecule has 41 heavy (non-hydrogen) atoms. The highest BCUT2D eigenvalue weighted by atomic mass is 32.2. The molecule has 2 N–H and O–H groups in total. The highest BCUT2D eigenvalue weighted by molar-refractivity contribution is 7.99. The molecule has 0 aliphatic carbocycles. The van der Waals surface area contributed by atoms with E-state index in [0.29, 0.717) is 39.6 Å². The Morgan fingerprint density at radius 2 is 1.61 bits per heavy atom. The first kappa shape index (κ1) is 28.9. The van der Waals surface area contributed by atoms with Gasteiger partial charge in [0, 0.05) is 29.4 Å². The van der Waals surface area contributed by atoms with Gasteiger partial charge >= 0.3 is 0 Å². The highest BCUT2D eigenvalue weighted by Gasteiger charge is 2.21. The number of carbonyl (C=O) groups is 2. The van der Waals surface area contributed by atoms with Gasteiger partial charge in [0.25, 0.3) is 11.6 Å². The second-order valence-corrected chi connectivity index (χ2v) is 9.27. The van der Waals surface area contributed by atoms with E-state index in [1.807, 2.05) is 0 Å². The van der Waals surface area contributed by atoms with E-state index in [4.69, 9.17) is 14.2 Å². The number of ether oxygens (including phenoxy) is 3. The van der Waals surface area contributed by atoms with E-state index in [2.05, 4.69) is 20.8 Å². The standard InChI is InChI=1S/C27H26N6O7S/c1-38-20-10-6-18(7-11-20)29-25(34)16-41-27-31-30-24(32(27)22-14-21(39-2)12-13-23(22)40-3)15-28-26(35)17-4-8-19(9-5-17)33(36)37/h4-14H,15-16H2,1-3H3,(H,28,35)(H,29,34). The van der Waals surface area contributed by atoms with Crippen molar-refractivity contribution in [2.45, 2.75) is 11.7 Å². The Bertz CT molecular complexity index is 1540. The van der Waals surface area contributed by atoms with Gasteiger partial charge in [0.1, 0.15) is 17.2 Å². The number of methoxy groups -OCH3 is 3. The van der Waals surface area contributed by atoms with Crippen LogP contribution in [0.3, 0.4) is 0 Å². The minimum Gasteiger partial charge on any atom is -0.497 e. The van der Waals surface area contributed by atoms with Gasteiger partial charge in [-0.1, -0.05) is 11.8 Å². The molecule has 13 nitrogen and oxygen atoms in total. The number of nitrogens with one attached hydrogen (secondary N) is 2. The fraction of sp³-hybridized carbons (Fsp3) is 0.185. The summed E-state index contributed by atoms with van der Waals surface area (Å²) < 4.78 is 17.8. The van der Waals surface area contributed by atoms with Gasteiger partial charge in [-0.2, -0.15) is 0 Å². The Balaban J connectivity index is 1.56. The largest absolute Gasteiger partial charge is 0.497 e. The van der Waals surface area contributed by atoms with Crippen molar-refractivity contribution in [3.63, 3.8) is 0 Å². The van der Waals surface area contributed by atoms with E-state index < -0.39 is 10.8 Å². The molecule has 0 saturated heterocycles. The summed E-state index contributed by atoms with van der Waals surface area (Å²) in [5.74, 6) is 1.35. The number of thioether (sulfide) groups is 1. The summed E-state index contributed by atoms with van der Waals surface area (Å²) in [4.78, 5) is 35.8. The van der Waals surface area contributed by atoms with E-state index in [-0.39, 0.29) is 29.5 Å². The van der Waals surface area contributed by atoms with E-state index in [1.54, 1.807) is 54.1 Å². The molecule has 0 spiro atoms. The summed E-state index contributed by atoms with van der Waals surface area (Å²) in [7, 11) is 4.61. The average molecular weight is 579 g/mol. The fourth-order valence-corrected chi connectivity index (χ4v) is 4.48. The first-order valence-corrected chi connectivity index (χ1v) is 13.1. The minimum absolute atomic E-state index is 0.0194. The maximum absolute atomic E-state index is 12.8. The lowest BCUT2D eigenvalue weighted by molar-refractivity contribution is -0.384. The molecule has 1 aromatic heterocycles. The van der Waals surface area contributed by atoms with Crippen LogP contribution in [0.2, 0.25) is 0 Å². The Hall–Kier alpha value is -5.11. The average Bonchev–Trinajstić information content (AvgIpc) is 3.41. The Morgan fingerprint density at radius 3 is 2.24 bits per heavy atom. The molecule has 0 unspecified atom stereocenters. The predicted molar refractivity (Wildman–Crippen MR) is 151 cm³/mol. The number of hydrogen-bond acceptors (Lipinski definition) is 10. The topological polar surface area (TPSA) is 160 Å². The number of nitro benzene ring substituents is 1. The SMILES string of the molecule is COc1ccc(NC(=O)CSc2nnc(CNC(=O)c3ccc([N+](=O)[O-])cc3)n2-c2cc(OC)ccc2OC)cc1. The number of aromatic nitrogens is 3. The van der Waals surface area contributed by atoms with Gasteiger partial charge in [0.05, 0.1) is 44.2 Å². The molecule has 3 aromatic carbocycles. The third-order valence-electron chi connectivity index (χ3n) is 5.78. The summed E-state index contributed by atoms with van der Waals surface area (Å²) in [6, 6.07) is 17.4. The van der Waals surface area contributed by atoms with Gasteiger partial charge in [0.2, 0.25) is 5.91 Å². The lowest BCUT2D eigenvalue weighted by Crippen LogP contribution is -2.24. The number of anilines is 1. The maximum Gasteiger partial charge on any atom is 0.269 e. The minimum atomic E-state index is -0.540. The molecule has 0 bridgehead atoms. The summed E-state index contributed by atoms with van der Waals surface area (Å²) >= 11 is 1.15. The van der Waals surface area contributed by atoms with Crippen molar-refractivity contribution in [3.05, 3.63) is 88.2 Å². The molecule has 0 radical (unpaired) electrons. The first-order valence-electron chi connectivity index (χ1n) is 12.1. The lowest BCUT2D eigenvalue weighted by Gasteiger charge is -2.15. The van der Waals surface area contributed by atoms with Crippen molar-refractivity contribution in [1.82, 2.24) is 20.1 Å². The second-order valence-electron chi connectivity index (χ2n) is 8.32. The number of hydrogen-bond donors (Lipinski definition) is 2. The van der Waals surface area contributed by atoms with Gasteiger partial charge in [-0.05, 0) is 48.5 Å². The third kappa shape index (κ3) is 7.10. The monoisotopic (exact) mass is 578 g/mol. The number of non-ortho nitro benzene ring substituents is 1. The molecular weight excluding hydrogens is 552 g/mol. The van der Waals surface area contributed by atoms with E-state index in [1.165, 1.54) is 38.5 Å². The fourth-order valence-electron chi connectivity index (χ4n) is 3.72. The molecule has 14 heteroatoms. The zero-order valence-electron chi connectivity index (χ0n) is 22.3. The number of carbonyl (C=O) groups excluding carboxylic acids is 2. The number of nitrogens with zero attached hydrogens (tertiary/aromatic N) is 4. The molecule has 0 aliphatic heterocycles. The molecule has 0 atom stereocenters. The zero-order chi connectivity index (χ0) is 29.4. The summed E-state index contributed by atoms with van der Waals surface area (Å²) in [6.07, 6.45) is 0. The number of rotatable bonds is 12. The van der Waals surface area contributed by atoms with Gasteiger partial charge < -0.3 is 24.8 Å². The normalized spacial score (nSPS) is 10.5. The van der Waals surface area contributed by atoms with Gasteiger partial charge in [0.15, 0.2) is 11.0 Å². The van der Waals surface area contributed by atoms with Crippen LogP contribution in [0.1, 0.15) is 16.2 Å². The summed E-state index contributed by atoms with van der Waals surface area (Å²) in [5.41, 5.74) is 1.27. The van der Waals surface area contributed by atoms with Gasteiger partial charge in [-0.25, -0.2) is 0 Å². The third-order valence-corrected chi connectivity index (χ3v) is 6.71. The number of nitro groups is 1. The molecule has 0 aliphatic rings. The Morgan fingerprint density at radius 1 is 0.927 bits per heavy atom. The van der Waals surface area contributed by atoms with Crippen molar-refractivity contribution in [2.24, 2.45) is 0 Å². The van der Waals surface area contributed by atoms with Crippen LogP contribution in [-0.4, -0.2) is 58.6 Å². The molecule has 4 rings (SSSR count). The molecule has 212 valence electrons. The predicted octanol–water partition coefficient (Wildman–Crippen LogP) is 3.86. The van der Waals surface area contributed by atoms with E-state index >= 15 is 0 Å². The molecule has 0 saturated carbocycles. The molecule has 0 fully saturated rings. The van der Waals surface area contributed by atoms with E-state index in [9.17, 15) is 19.7 Å². The summed E-state index contributed by atoms with van der Waals surface area (Å²) in [5, 5.41) is 25.4. The summed E-state index contributed by atoms with van der Waals surface area (Å²) in [6.45, 7) is -0.0399.